The molecule has 2 aromatic carbocycles. The summed E-state index contributed by atoms with van der Waals surface area (Å²) in [5.74, 6) is -0.712. The maximum absolute atomic E-state index is 12.9. The monoisotopic (exact) mass is 321 g/mol. The highest BCUT2D eigenvalue weighted by Crippen LogP contribution is 2.15. The maximum atomic E-state index is 12.9. The third-order valence-corrected chi connectivity index (χ3v) is 3.04. The van der Waals surface area contributed by atoms with Crippen molar-refractivity contribution in [1.82, 2.24) is 5.32 Å². The molecule has 0 bridgehead atoms. The summed E-state index contributed by atoms with van der Waals surface area (Å²) in [4.78, 5) is 12.3. The first kappa shape index (κ1) is 16.7. The van der Waals surface area contributed by atoms with Gasteiger partial charge in [-0.3, -0.25) is 10.2 Å². The summed E-state index contributed by atoms with van der Waals surface area (Å²) in [6.45, 7) is 0.234. The van der Waals surface area contributed by atoms with Crippen LogP contribution in [-0.4, -0.2) is 11.6 Å². The summed E-state index contributed by atoms with van der Waals surface area (Å²) in [5.41, 5.74) is 3.60. The minimum atomic E-state index is -0.368. The fourth-order valence-electron chi connectivity index (χ4n) is 1.85. The third kappa shape index (κ3) is 4.39. The van der Waals surface area contributed by atoms with Crippen LogP contribution < -0.4 is 10.7 Å². The molecule has 2 N–H and O–H groups in total. The van der Waals surface area contributed by atoms with Crippen LogP contribution in [0.2, 0.25) is 0 Å². The van der Waals surface area contributed by atoms with Crippen molar-refractivity contribution >= 4 is 17.3 Å². The van der Waals surface area contributed by atoms with Gasteiger partial charge in [0.2, 0.25) is 5.71 Å². The predicted octanol–water partition coefficient (Wildman–Crippen LogP) is 2.57. The molecule has 24 heavy (non-hydrogen) atoms. The van der Waals surface area contributed by atoms with Gasteiger partial charge in [-0.15, -0.1) is 0 Å². The van der Waals surface area contributed by atoms with Crippen LogP contribution in [0.5, 0.6) is 0 Å². The van der Waals surface area contributed by atoms with E-state index in [9.17, 15) is 9.18 Å². The summed E-state index contributed by atoms with van der Waals surface area (Å²) in [6.07, 6.45) is 0. The molecule has 0 heterocycles. The van der Waals surface area contributed by atoms with Gasteiger partial charge < -0.3 is 5.32 Å². The molecule has 0 spiro atoms. The molecule has 0 saturated carbocycles. The lowest BCUT2D eigenvalue weighted by Crippen LogP contribution is -2.23. The number of hydrogen-bond donors (Lipinski definition) is 2. The standard InChI is InChI=1S/C17H12FN5O/c18-13-7-5-12(6-8-13)11-21-17(24)15-3-1-2-4-16(15)23-22-14(9-19)10-20/h1-8,23H,11H2,(H,21,24). The van der Waals surface area contributed by atoms with E-state index in [2.05, 4.69) is 15.8 Å². The zero-order valence-electron chi connectivity index (χ0n) is 12.5. The molecule has 2 aromatic rings. The Balaban J connectivity index is 2.09. The average molecular weight is 321 g/mol. The van der Waals surface area contributed by atoms with Crippen LogP contribution in [0.3, 0.4) is 0 Å². The average Bonchev–Trinajstić information content (AvgIpc) is 2.62. The minimum Gasteiger partial charge on any atom is -0.348 e. The summed E-state index contributed by atoms with van der Waals surface area (Å²) < 4.78 is 12.9. The van der Waals surface area contributed by atoms with Crippen molar-refractivity contribution in [2.75, 3.05) is 5.43 Å². The lowest BCUT2D eigenvalue weighted by molar-refractivity contribution is 0.0951. The highest BCUT2D eigenvalue weighted by molar-refractivity contribution is 6.10. The minimum absolute atomic E-state index is 0.234. The van der Waals surface area contributed by atoms with Crippen molar-refractivity contribution in [3.05, 3.63) is 65.5 Å². The Morgan fingerprint density at radius 2 is 1.75 bits per heavy atom. The molecular formula is C17H12FN5O. The number of carbonyl (C=O) groups is 1. The van der Waals surface area contributed by atoms with E-state index < -0.39 is 0 Å². The van der Waals surface area contributed by atoms with Gasteiger partial charge in [-0.2, -0.15) is 15.6 Å². The van der Waals surface area contributed by atoms with Gasteiger partial charge in [-0.05, 0) is 29.8 Å². The zero-order chi connectivity index (χ0) is 17.4. The molecule has 0 aliphatic heterocycles. The van der Waals surface area contributed by atoms with Crippen molar-refractivity contribution in [3.63, 3.8) is 0 Å². The van der Waals surface area contributed by atoms with Crippen molar-refractivity contribution in [1.29, 1.82) is 10.5 Å². The Labute approximate surface area is 137 Å². The number of nitrogens with zero attached hydrogens (tertiary/aromatic N) is 3. The SMILES string of the molecule is N#CC(C#N)=NNc1ccccc1C(=O)NCc1ccc(F)cc1. The van der Waals surface area contributed by atoms with Crippen LogP contribution in [0.4, 0.5) is 10.1 Å². The van der Waals surface area contributed by atoms with Crippen molar-refractivity contribution in [2.24, 2.45) is 5.10 Å². The van der Waals surface area contributed by atoms with E-state index in [4.69, 9.17) is 10.5 Å². The molecule has 0 aliphatic carbocycles. The summed E-state index contributed by atoms with van der Waals surface area (Å²) in [5, 5.41) is 23.7. The number of nitriles is 2. The topological polar surface area (TPSA) is 101 Å². The van der Waals surface area contributed by atoms with Crippen LogP contribution in [-0.2, 0) is 6.54 Å². The second-order valence-electron chi connectivity index (χ2n) is 4.65. The second kappa shape index (κ2) is 8.06. The number of anilines is 1. The van der Waals surface area contributed by atoms with E-state index in [1.807, 2.05) is 0 Å². The molecule has 1 amide bonds. The Kier molecular flexibility index (Phi) is 5.60. The van der Waals surface area contributed by atoms with Gasteiger partial charge in [0, 0.05) is 6.54 Å². The first-order chi connectivity index (χ1) is 11.6. The van der Waals surface area contributed by atoms with Gasteiger partial charge in [-0.25, -0.2) is 4.39 Å². The Bertz CT molecular complexity index is 831. The normalized spacial score (nSPS) is 9.29. The van der Waals surface area contributed by atoms with Gasteiger partial charge in [0.25, 0.3) is 5.91 Å². The number of para-hydroxylation sites is 1. The van der Waals surface area contributed by atoms with E-state index in [0.717, 1.165) is 5.56 Å². The Morgan fingerprint density at radius 3 is 2.42 bits per heavy atom. The van der Waals surface area contributed by atoms with E-state index in [-0.39, 0.29) is 24.0 Å². The molecule has 7 heteroatoms. The number of nitrogens with one attached hydrogen (secondary N) is 2. The van der Waals surface area contributed by atoms with Gasteiger partial charge >= 0.3 is 0 Å². The van der Waals surface area contributed by atoms with E-state index in [1.165, 1.54) is 12.1 Å². The van der Waals surface area contributed by atoms with Crippen LogP contribution in [0.1, 0.15) is 15.9 Å². The molecule has 0 aliphatic rings. The van der Waals surface area contributed by atoms with Crippen molar-refractivity contribution in [2.45, 2.75) is 6.54 Å². The van der Waals surface area contributed by atoms with E-state index >= 15 is 0 Å². The lowest BCUT2D eigenvalue weighted by Gasteiger charge is -2.09. The fraction of sp³-hybridized carbons (Fsp3) is 0.0588. The van der Waals surface area contributed by atoms with Crippen LogP contribution in [0, 0.1) is 28.5 Å². The first-order valence-corrected chi connectivity index (χ1v) is 6.89. The first-order valence-electron chi connectivity index (χ1n) is 6.89. The number of hydrogen-bond acceptors (Lipinski definition) is 5. The van der Waals surface area contributed by atoms with Gasteiger partial charge in [0.05, 0.1) is 11.3 Å². The number of amides is 1. The van der Waals surface area contributed by atoms with Gasteiger partial charge in [-0.1, -0.05) is 24.3 Å². The largest absolute Gasteiger partial charge is 0.348 e. The van der Waals surface area contributed by atoms with Crippen LogP contribution >= 0.6 is 0 Å². The molecular weight excluding hydrogens is 309 g/mol. The van der Waals surface area contributed by atoms with E-state index in [1.54, 1.807) is 48.5 Å². The molecule has 0 fully saturated rings. The number of carbonyl (C=O) groups excluding carboxylic acids is 1. The Morgan fingerprint density at radius 1 is 1.08 bits per heavy atom. The molecule has 2 rings (SSSR count). The summed E-state index contributed by atoms with van der Waals surface area (Å²) in [7, 11) is 0. The molecule has 0 unspecified atom stereocenters. The summed E-state index contributed by atoms with van der Waals surface area (Å²) >= 11 is 0. The van der Waals surface area contributed by atoms with Crippen LogP contribution in [0.25, 0.3) is 0 Å². The molecule has 0 radical (unpaired) electrons. The Hall–Kier alpha value is -3.71. The van der Waals surface area contributed by atoms with Gasteiger partial charge in [0.15, 0.2) is 0 Å². The highest BCUT2D eigenvalue weighted by Gasteiger charge is 2.10. The fourth-order valence-corrected chi connectivity index (χ4v) is 1.85. The molecule has 118 valence electrons. The molecule has 6 nitrogen and oxygen atoms in total. The molecule has 0 aromatic heterocycles. The number of rotatable bonds is 5. The quantitative estimate of drug-likeness (QED) is 0.652. The lowest BCUT2D eigenvalue weighted by atomic mass is 10.1. The van der Waals surface area contributed by atoms with Crippen molar-refractivity contribution < 1.29 is 9.18 Å². The third-order valence-electron chi connectivity index (χ3n) is 3.04. The zero-order valence-corrected chi connectivity index (χ0v) is 12.5. The van der Waals surface area contributed by atoms with Crippen LogP contribution in [0.15, 0.2) is 53.6 Å². The number of halogens is 1. The summed E-state index contributed by atoms with van der Waals surface area (Å²) in [6, 6.07) is 15.6. The smallest absolute Gasteiger partial charge is 0.253 e. The van der Waals surface area contributed by atoms with Gasteiger partial charge in [0.1, 0.15) is 18.0 Å². The maximum Gasteiger partial charge on any atom is 0.253 e. The van der Waals surface area contributed by atoms with Crippen molar-refractivity contribution in [3.8, 4) is 12.1 Å². The molecule has 0 saturated heterocycles. The number of hydrazone groups is 1. The van der Waals surface area contributed by atoms with E-state index in [0.29, 0.717) is 11.3 Å². The predicted molar refractivity (Wildman–Crippen MR) is 86.3 cm³/mol. The second-order valence-corrected chi connectivity index (χ2v) is 4.65. The highest BCUT2D eigenvalue weighted by atomic mass is 19.1. The number of benzene rings is 2. The molecule has 0 atom stereocenters.